The zero-order valence-electron chi connectivity index (χ0n) is 16.2. The summed E-state index contributed by atoms with van der Waals surface area (Å²) in [5.41, 5.74) is 7.88. The number of anilines is 1. The van der Waals surface area contributed by atoms with Gasteiger partial charge < -0.3 is 19.9 Å². The molecule has 1 aliphatic heterocycles. The number of ether oxygens (including phenoxy) is 1. The first-order valence-corrected chi connectivity index (χ1v) is 9.46. The van der Waals surface area contributed by atoms with Crippen LogP contribution in [-0.4, -0.2) is 59.1 Å². The molecule has 2 N–H and O–H groups in total. The number of nitrogens with two attached hydrogens (primary N) is 1. The Morgan fingerprint density at radius 1 is 1.07 bits per heavy atom. The number of rotatable bonds is 5. The monoisotopic (exact) mass is 393 g/mol. The van der Waals surface area contributed by atoms with Crippen LogP contribution in [0.2, 0.25) is 0 Å². The summed E-state index contributed by atoms with van der Waals surface area (Å²) in [6.07, 6.45) is 0. The molecule has 3 aromatic rings. The van der Waals surface area contributed by atoms with E-state index in [9.17, 15) is 4.79 Å². The lowest BCUT2D eigenvalue weighted by Crippen LogP contribution is -2.48. The van der Waals surface area contributed by atoms with E-state index in [-0.39, 0.29) is 5.91 Å². The van der Waals surface area contributed by atoms with Crippen LogP contribution in [0.4, 0.5) is 5.69 Å². The second-order valence-electron chi connectivity index (χ2n) is 6.93. The molecule has 1 aliphatic rings. The first-order chi connectivity index (χ1) is 14.1. The van der Waals surface area contributed by atoms with Crippen LogP contribution in [0.3, 0.4) is 0 Å². The molecule has 8 nitrogen and oxygen atoms in total. The van der Waals surface area contributed by atoms with Crippen molar-refractivity contribution >= 4 is 11.6 Å². The highest BCUT2D eigenvalue weighted by molar-refractivity contribution is 5.94. The lowest BCUT2D eigenvalue weighted by molar-refractivity contribution is 0.0615. The zero-order valence-corrected chi connectivity index (χ0v) is 16.2. The molecule has 1 saturated heterocycles. The van der Waals surface area contributed by atoms with Gasteiger partial charge >= 0.3 is 0 Å². The summed E-state index contributed by atoms with van der Waals surface area (Å²) in [5.74, 6) is 1.93. The fraction of sp³-hybridized carbons (Fsp3) is 0.286. The van der Waals surface area contributed by atoms with Crippen LogP contribution in [0.15, 0.2) is 53.1 Å². The van der Waals surface area contributed by atoms with E-state index in [0.717, 1.165) is 24.4 Å². The Hall–Kier alpha value is -3.39. The molecule has 1 aromatic heterocycles. The first-order valence-electron chi connectivity index (χ1n) is 9.46. The molecule has 0 aliphatic carbocycles. The van der Waals surface area contributed by atoms with E-state index in [2.05, 4.69) is 15.0 Å². The molecule has 2 aromatic carbocycles. The number of hydrogen-bond acceptors (Lipinski definition) is 7. The van der Waals surface area contributed by atoms with Crippen molar-refractivity contribution < 1.29 is 14.1 Å². The van der Waals surface area contributed by atoms with E-state index in [1.165, 1.54) is 0 Å². The lowest BCUT2D eigenvalue weighted by Gasteiger charge is -2.34. The summed E-state index contributed by atoms with van der Waals surface area (Å²) in [4.78, 5) is 21.2. The summed E-state index contributed by atoms with van der Waals surface area (Å²) in [6, 6.07) is 14.6. The number of hydrogen-bond donors (Lipinski definition) is 1. The second-order valence-corrected chi connectivity index (χ2v) is 6.93. The SMILES string of the molecule is COc1ccc(-c2noc(CN3CCN(C(=O)c4ccc(N)cc4)CC3)n2)cc1. The van der Waals surface area contributed by atoms with E-state index in [1.54, 1.807) is 31.4 Å². The van der Waals surface area contributed by atoms with E-state index < -0.39 is 0 Å². The van der Waals surface area contributed by atoms with Crippen LogP contribution in [0.1, 0.15) is 16.2 Å². The number of methoxy groups -OCH3 is 1. The Morgan fingerprint density at radius 2 is 1.76 bits per heavy atom. The number of nitrogen functional groups attached to an aromatic ring is 1. The average molecular weight is 393 g/mol. The highest BCUT2D eigenvalue weighted by Crippen LogP contribution is 2.20. The molecule has 1 amide bonds. The predicted molar refractivity (Wildman–Crippen MR) is 108 cm³/mol. The Bertz CT molecular complexity index is 961. The topological polar surface area (TPSA) is 97.7 Å². The number of aromatic nitrogens is 2. The minimum Gasteiger partial charge on any atom is -0.497 e. The maximum atomic E-state index is 12.6. The Kier molecular flexibility index (Phi) is 5.44. The van der Waals surface area contributed by atoms with Crippen molar-refractivity contribution in [2.75, 3.05) is 39.0 Å². The van der Waals surface area contributed by atoms with Crippen molar-refractivity contribution in [2.45, 2.75) is 6.54 Å². The van der Waals surface area contributed by atoms with E-state index in [1.807, 2.05) is 29.2 Å². The molecule has 2 heterocycles. The largest absolute Gasteiger partial charge is 0.497 e. The van der Waals surface area contributed by atoms with Gasteiger partial charge in [0.2, 0.25) is 11.7 Å². The van der Waals surface area contributed by atoms with Gasteiger partial charge in [-0.15, -0.1) is 0 Å². The molecular weight excluding hydrogens is 370 g/mol. The van der Waals surface area contributed by atoms with Gasteiger partial charge in [0, 0.05) is 43.0 Å². The second kappa shape index (κ2) is 8.32. The predicted octanol–water partition coefficient (Wildman–Crippen LogP) is 2.29. The Balaban J connectivity index is 1.32. The lowest BCUT2D eigenvalue weighted by atomic mass is 10.1. The quantitative estimate of drug-likeness (QED) is 0.664. The minimum atomic E-state index is 0.0317. The van der Waals surface area contributed by atoms with Gasteiger partial charge in [-0.3, -0.25) is 9.69 Å². The third-order valence-corrected chi connectivity index (χ3v) is 4.99. The van der Waals surface area contributed by atoms with Crippen molar-refractivity contribution in [1.82, 2.24) is 19.9 Å². The molecule has 29 heavy (non-hydrogen) atoms. The average Bonchev–Trinajstić information content (AvgIpc) is 3.23. The summed E-state index contributed by atoms with van der Waals surface area (Å²) < 4.78 is 10.6. The van der Waals surface area contributed by atoms with Gasteiger partial charge in [-0.2, -0.15) is 4.98 Å². The number of piperazine rings is 1. The van der Waals surface area contributed by atoms with Gasteiger partial charge in [-0.05, 0) is 48.5 Å². The summed E-state index contributed by atoms with van der Waals surface area (Å²) in [5, 5.41) is 4.07. The van der Waals surface area contributed by atoms with E-state index in [0.29, 0.717) is 42.6 Å². The summed E-state index contributed by atoms with van der Waals surface area (Å²) >= 11 is 0. The maximum Gasteiger partial charge on any atom is 0.253 e. The highest BCUT2D eigenvalue weighted by Gasteiger charge is 2.23. The maximum absolute atomic E-state index is 12.6. The molecule has 0 unspecified atom stereocenters. The molecule has 8 heteroatoms. The van der Waals surface area contributed by atoms with Crippen molar-refractivity contribution in [3.05, 3.63) is 60.0 Å². The third-order valence-electron chi connectivity index (χ3n) is 4.99. The van der Waals surface area contributed by atoms with Crippen LogP contribution in [0, 0.1) is 0 Å². The number of amides is 1. The van der Waals surface area contributed by atoms with E-state index >= 15 is 0 Å². The highest BCUT2D eigenvalue weighted by atomic mass is 16.5. The van der Waals surface area contributed by atoms with Crippen LogP contribution in [0.5, 0.6) is 5.75 Å². The first kappa shape index (κ1) is 18.9. The van der Waals surface area contributed by atoms with Gasteiger partial charge in [0.1, 0.15) is 5.75 Å². The minimum absolute atomic E-state index is 0.0317. The van der Waals surface area contributed by atoms with Gasteiger partial charge in [0.05, 0.1) is 13.7 Å². The standard InChI is InChI=1S/C21H23N5O3/c1-28-18-8-4-15(5-9-18)20-23-19(29-24-20)14-25-10-12-26(13-11-25)21(27)16-2-6-17(22)7-3-16/h2-9H,10-14,22H2,1H3. The number of nitrogens with zero attached hydrogens (tertiary/aromatic N) is 4. The molecule has 150 valence electrons. The van der Waals surface area contributed by atoms with Gasteiger partial charge in [-0.25, -0.2) is 0 Å². The fourth-order valence-electron chi connectivity index (χ4n) is 3.29. The number of carbonyl (C=O) groups excluding carboxylic acids is 1. The summed E-state index contributed by atoms with van der Waals surface area (Å²) in [6.45, 7) is 3.38. The molecule has 0 radical (unpaired) electrons. The van der Waals surface area contributed by atoms with Gasteiger partial charge in [0.15, 0.2) is 0 Å². The van der Waals surface area contributed by atoms with Crippen LogP contribution in [-0.2, 0) is 6.54 Å². The number of benzene rings is 2. The normalized spacial score (nSPS) is 14.7. The van der Waals surface area contributed by atoms with E-state index in [4.69, 9.17) is 15.0 Å². The molecule has 0 atom stereocenters. The fourth-order valence-corrected chi connectivity index (χ4v) is 3.29. The van der Waals surface area contributed by atoms with Crippen LogP contribution in [0.25, 0.3) is 11.4 Å². The molecular formula is C21H23N5O3. The van der Waals surface area contributed by atoms with Crippen molar-refractivity contribution in [1.29, 1.82) is 0 Å². The molecule has 0 spiro atoms. The van der Waals surface area contributed by atoms with Crippen molar-refractivity contribution in [3.8, 4) is 17.1 Å². The van der Waals surface area contributed by atoms with Crippen LogP contribution < -0.4 is 10.5 Å². The van der Waals surface area contributed by atoms with Crippen molar-refractivity contribution in [2.24, 2.45) is 0 Å². The molecule has 0 saturated carbocycles. The summed E-state index contributed by atoms with van der Waals surface area (Å²) in [7, 11) is 1.63. The number of carbonyl (C=O) groups is 1. The zero-order chi connectivity index (χ0) is 20.2. The Morgan fingerprint density at radius 3 is 2.41 bits per heavy atom. The smallest absolute Gasteiger partial charge is 0.253 e. The van der Waals surface area contributed by atoms with Gasteiger partial charge in [0.25, 0.3) is 5.91 Å². The van der Waals surface area contributed by atoms with Gasteiger partial charge in [-0.1, -0.05) is 5.16 Å². The Labute approximate surface area is 168 Å². The molecule has 1 fully saturated rings. The van der Waals surface area contributed by atoms with Crippen molar-refractivity contribution in [3.63, 3.8) is 0 Å². The third kappa shape index (κ3) is 4.38. The molecule has 4 rings (SSSR count). The molecule has 0 bridgehead atoms. The van der Waals surface area contributed by atoms with Crippen LogP contribution >= 0.6 is 0 Å².